The quantitative estimate of drug-likeness (QED) is 0.556. The zero-order valence-electron chi connectivity index (χ0n) is 20.1. The molecule has 31 heavy (non-hydrogen) atoms. The van der Waals surface area contributed by atoms with Crippen LogP contribution in [0.2, 0.25) is 0 Å². The minimum absolute atomic E-state index is 0.380. The summed E-state index contributed by atoms with van der Waals surface area (Å²) in [6, 6.07) is 9.98. The molecular formula is C26H38N4S. The summed E-state index contributed by atoms with van der Waals surface area (Å²) in [5.41, 5.74) is 6.77. The molecule has 2 aromatic rings. The lowest BCUT2D eigenvalue weighted by Gasteiger charge is -2.38. The summed E-state index contributed by atoms with van der Waals surface area (Å²) in [7, 11) is 8.80. The minimum atomic E-state index is 0.380. The number of nitrogens with zero attached hydrogens (tertiary/aromatic N) is 4. The Labute approximate surface area is 192 Å². The summed E-state index contributed by atoms with van der Waals surface area (Å²) < 4.78 is 0. The van der Waals surface area contributed by atoms with Gasteiger partial charge in [-0.05, 0) is 108 Å². The molecule has 0 spiro atoms. The molecular weight excluding hydrogens is 400 g/mol. The predicted molar refractivity (Wildman–Crippen MR) is 131 cm³/mol. The van der Waals surface area contributed by atoms with Gasteiger partial charge in [0, 0.05) is 5.69 Å². The Balaban J connectivity index is 1.58. The molecule has 0 N–H and O–H groups in total. The number of thioether (sulfide) groups is 1. The van der Waals surface area contributed by atoms with Crippen molar-refractivity contribution in [3.05, 3.63) is 52.5 Å². The highest BCUT2D eigenvalue weighted by molar-refractivity contribution is 7.98. The molecule has 0 amide bonds. The molecule has 0 fully saturated rings. The maximum Gasteiger partial charge on any atom is 0.0961 e. The topological polar surface area (TPSA) is 32.3 Å². The van der Waals surface area contributed by atoms with Gasteiger partial charge >= 0.3 is 0 Å². The van der Waals surface area contributed by atoms with Crippen LogP contribution in [0.4, 0.5) is 0 Å². The van der Waals surface area contributed by atoms with E-state index < -0.39 is 0 Å². The highest BCUT2D eigenvalue weighted by Crippen LogP contribution is 2.42. The molecule has 2 heterocycles. The van der Waals surface area contributed by atoms with Crippen molar-refractivity contribution in [2.45, 2.75) is 68.5 Å². The van der Waals surface area contributed by atoms with Crippen LogP contribution in [0, 0.1) is 5.92 Å². The van der Waals surface area contributed by atoms with Crippen LogP contribution in [-0.4, -0.2) is 54.2 Å². The molecule has 168 valence electrons. The molecule has 0 aromatic carbocycles. The largest absolute Gasteiger partial charge is 0.301 e. The first-order valence-electron chi connectivity index (χ1n) is 11.8. The second-order valence-electron chi connectivity index (χ2n) is 9.89. The lowest BCUT2D eigenvalue weighted by atomic mass is 9.77. The first-order chi connectivity index (χ1) is 14.9. The van der Waals surface area contributed by atoms with Crippen LogP contribution in [0.5, 0.6) is 0 Å². The number of fused-ring (bicyclic) bond motifs is 2. The molecule has 2 aromatic heterocycles. The molecule has 5 heteroatoms. The Morgan fingerprint density at radius 2 is 1.68 bits per heavy atom. The van der Waals surface area contributed by atoms with Crippen LogP contribution in [0.1, 0.15) is 78.8 Å². The number of pyridine rings is 2. The lowest BCUT2D eigenvalue weighted by molar-refractivity contribution is 0.169. The molecule has 4 nitrogen and oxygen atoms in total. The Bertz CT molecular complexity index is 910. The Morgan fingerprint density at radius 1 is 0.935 bits per heavy atom. The highest BCUT2D eigenvalue weighted by atomic mass is 32.2. The molecule has 4 rings (SSSR count). The van der Waals surface area contributed by atoms with Crippen LogP contribution in [-0.2, 0) is 12.8 Å². The van der Waals surface area contributed by atoms with E-state index in [0.29, 0.717) is 23.9 Å². The van der Waals surface area contributed by atoms with E-state index in [1.165, 1.54) is 53.9 Å². The van der Waals surface area contributed by atoms with Crippen molar-refractivity contribution in [2.75, 3.05) is 34.4 Å². The van der Waals surface area contributed by atoms with Crippen molar-refractivity contribution in [1.29, 1.82) is 0 Å². The maximum absolute atomic E-state index is 5.25. The van der Waals surface area contributed by atoms with E-state index in [0.717, 1.165) is 17.9 Å². The minimum Gasteiger partial charge on any atom is -0.301 e. The predicted octanol–water partition coefficient (Wildman–Crippen LogP) is 5.50. The Morgan fingerprint density at radius 3 is 2.39 bits per heavy atom. The van der Waals surface area contributed by atoms with Crippen LogP contribution >= 0.6 is 11.8 Å². The van der Waals surface area contributed by atoms with Crippen molar-refractivity contribution in [3.8, 4) is 0 Å². The molecule has 0 radical (unpaired) electrons. The molecule has 4 atom stereocenters. The van der Waals surface area contributed by atoms with E-state index in [1.807, 2.05) is 0 Å². The summed E-state index contributed by atoms with van der Waals surface area (Å²) in [5, 5.41) is 1.13. The number of hydrogen-bond acceptors (Lipinski definition) is 5. The number of hydrogen-bond donors (Lipinski definition) is 0. The SMILES string of the molecule is CSc1ccc2c(n1)C(N(C)C)C(CC(C)c1ccc3c(n1)[C@H](N(C)C)CCC3)CC2. The molecule has 0 bridgehead atoms. The summed E-state index contributed by atoms with van der Waals surface area (Å²) in [6.07, 6.45) is 9.30. The third-order valence-corrected chi connectivity index (χ3v) is 7.97. The second-order valence-corrected chi connectivity index (χ2v) is 10.7. The first-order valence-corrected chi connectivity index (χ1v) is 13.0. The van der Waals surface area contributed by atoms with Gasteiger partial charge in [-0.1, -0.05) is 19.1 Å². The number of aromatic nitrogens is 2. The molecule has 0 saturated heterocycles. The normalized spacial score (nSPS) is 24.2. The van der Waals surface area contributed by atoms with Crippen LogP contribution in [0.3, 0.4) is 0 Å². The fraction of sp³-hybridized carbons (Fsp3) is 0.615. The van der Waals surface area contributed by atoms with Gasteiger partial charge in [-0.2, -0.15) is 0 Å². The summed E-state index contributed by atoms with van der Waals surface area (Å²) in [5.74, 6) is 1.05. The zero-order chi connectivity index (χ0) is 22.1. The van der Waals surface area contributed by atoms with E-state index in [4.69, 9.17) is 9.97 Å². The maximum atomic E-state index is 5.25. The summed E-state index contributed by atoms with van der Waals surface area (Å²) in [4.78, 5) is 15.0. The number of rotatable bonds is 6. The summed E-state index contributed by atoms with van der Waals surface area (Å²) in [6.45, 7) is 2.37. The van der Waals surface area contributed by atoms with Crippen molar-refractivity contribution in [3.63, 3.8) is 0 Å². The van der Waals surface area contributed by atoms with Gasteiger partial charge in [0.05, 0.1) is 28.5 Å². The standard InChI is InChI=1S/C26H38N4S/c1-17(21-14-12-18-8-7-9-22(29(2)3)24(18)27-21)16-20-11-10-19-13-15-23(31-6)28-25(19)26(20)30(4)5/h12-15,17,20,22,26H,7-11,16H2,1-6H3/t17?,20?,22-,26?/m1/s1. The third kappa shape index (κ3) is 4.69. The van der Waals surface area contributed by atoms with E-state index in [-0.39, 0.29) is 0 Å². The van der Waals surface area contributed by atoms with Crippen molar-refractivity contribution < 1.29 is 0 Å². The van der Waals surface area contributed by atoms with Crippen LogP contribution in [0.25, 0.3) is 0 Å². The molecule has 0 aliphatic heterocycles. The van der Waals surface area contributed by atoms with Gasteiger partial charge in [-0.3, -0.25) is 4.98 Å². The van der Waals surface area contributed by atoms with Gasteiger partial charge in [0.15, 0.2) is 0 Å². The average Bonchev–Trinajstić information content (AvgIpc) is 2.77. The lowest BCUT2D eigenvalue weighted by Crippen LogP contribution is -2.33. The van der Waals surface area contributed by atoms with Crippen molar-refractivity contribution in [2.24, 2.45) is 5.92 Å². The van der Waals surface area contributed by atoms with Gasteiger partial charge in [-0.15, -0.1) is 11.8 Å². The second kappa shape index (κ2) is 9.60. The van der Waals surface area contributed by atoms with Gasteiger partial charge in [-0.25, -0.2) is 4.98 Å². The fourth-order valence-electron chi connectivity index (χ4n) is 5.70. The third-order valence-electron chi connectivity index (χ3n) is 7.32. The average molecular weight is 439 g/mol. The smallest absolute Gasteiger partial charge is 0.0961 e. The van der Waals surface area contributed by atoms with Gasteiger partial charge in [0.1, 0.15) is 0 Å². The van der Waals surface area contributed by atoms with Crippen LogP contribution in [0.15, 0.2) is 29.3 Å². The first kappa shape index (κ1) is 22.8. The van der Waals surface area contributed by atoms with E-state index in [1.54, 1.807) is 11.8 Å². The summed E-state index contributed by atoms with van der Waals surface area (Å²) >= 11 is 1.74. The van der Waals surface area contributed by atoms with Gasteiger partial charge in [0.2, 0.25) is 0 Å². The zero-order valence-corrected chi connectivity index (χ0v) is 20.9. The van der Waals surface area contributed by atoms with E-state index in [9.17, 15) is 0 Å². The van der Waals surface area contributed by atoms with E-state index in [2.05, 4.69) is 75.4 Å². The fourth-order valence-corrected chi connectivity index (χ4v) is 6.09. The monoisotopic (exact) mass is 438 g/mol. The molecule has 0 saturated carbocycles. The van der Waals surface area contributed by atoms with Gasteiger partial charge in [0.25, 0.3) is 0 Å². The number of aryl methyl sites for hydroxylation is 2. The molecule has 2 aliphatic rings. The Kier molecular flexibility index (Phi) is 7.04. The highest BCUT2D eigenvalue weighted by Gasteiger charge is 2.34. The molecule has 2 aliphatic carbocycles. The van der Waals surface area contributed by atoms with Gasteiger partial charge < -0.3 is 9.80 Å². The van der Waals surface area contributed by atoms with E-state index >= 15 is 0 Å². The van der Waals surface area contributed by atoms with Crippen LogP contribution < -0.4 is 0 Å². The molecule has 3 unspecified atom stereocenters. The van der Waals surface area contributed by atoms with Crippen molar-refractivity contribution >= 4 is 11.8 Å². The Hall–Kier alpha value is -1.43. The van der Waals surface area contributed by atoms with Crippen molar-refractivity contribution in [1.82, 2.24) is 19.8 Å².